The summed E-state index contributed by atoms with van der Waals surface area (Å²) in [4.78, 5) is 24.7. The van der Waals surface area contributed by atoms with Gasteiger partial charge in [0.2, 0.25) is 5.91 Å². The van der Waals surface area contributed by atoms with Gasteiger partial charge in [-0.15, -0.1) is 11.8 Å². The van der Waals surface area contributed by atoms with Crippen molar-refractivity contribution >= 4 is 23.6 Å². The number of fused-ring (bicyclic) bond motifs is 1. The van der Waals surface area contributed by atoms with Gasteiger partial charge in [-0.3, -0.25) is 9.59 Å². The van der Waals surface area contributed by atoms with Crippen LogP contribution >= 0.6 is 11.8 Å². The van der Waals surface area contributed by atoms with E-state index in [4.69, 9.17) is 5.11 Å². The highest BCUT2D eigenvalue weighted by molar-refractivity contribution is 7.99. The third-order valence-corrected chi connectivity index (χ3v) is 5.59. The summed E-state index contributed by atoms with van der Waals surface area (Å²) < 4.78 is 0. The summed E-state index contributed by atoms with van der Waals surface area (Å²) in [5.41, 5.74) is 1.18. The third-order valence-electron chi connectivity index (χ3n) is 4.41. The molecule has 112 valence electrons. The van der Waals surface area contributed by atoms with Crippen molar-refractivity contribution in [2.45, 2.75) is 36.6 Å². The molecule has 0 saturated heterocycles. The maximum absolute atomic E-state index is 12.4. The van der Waals surface area contributed by atoms with E-state index in [1.165, 1.54) is 10.5 Å². The van der Waals surface area contributed by atoms with Crippen LogP contribution in [0.3, 0.4) is 0 Å². The first-order valence-electron chi connectivity index (χ1n) is 7.40. The van der Waals surface area contributed by atoms with E-state index in [0.29, 0.717) is 12.8 Å². The second-order valence-electron chi connectivity index (χ2n) is 5.81. The standard InChI is InChI=1S/C16H19NO3S/c18-15(10-4-3-5-11(8-10)16(19)20)17-13-9-21-14-7-2-1-6-12(13)14/h1-2,6-7,10-11,13H,3-5,8-9H2,(H,17,18)(H,19,20). The topological polar surface area (TPSA) is 66.4 Å². The maximum atomic E-state index is 12.4. The molecule has 5 heteroatoms. The summed E-state index contributed by atoms with van der Waals surface area (Å²) in [5, 5.41) is 12.2. The first-order valence-corrected chi connectivity index (χ1v) is 8.38. The fraction of sp³-hybridized carbons (Fsp3) is 0.500. The Labute approximate surface area is 128 Å². The Hall–Kier alpha value is -1.49. The normalized spacial score (nSPS) is 27.9. The molecular weight excluding hydrogens is 286 g/mol. The Kier molecular flexibility index (Phi) is 4.19. The molecule has 3 unspecified atom stereocenters. The van der Waals surface area contributed by atoms with E-state index < -0.39 is 5.97 Å². The zero-order chi connectivity index (χ0) is 14.8. The van der Waals surface area contributed by atoms with Gasteiger partial charge in [-0.25, -0.2) is 0 Å². The van der Waals surface area contributed by atoms with Crippen molar-refractivity contribution in [1.29, 1.82) is 0 Å². The van der Waals surface area contributed by atoms with Crippen molar-refractivity contribution in [2.24, 2.45) is 11.8 Å². The largest absolute Gasteiger partial charge is 0.481 e. The molecule has 2 N–H and O–H groups in total. The summed E-state index contributed by atoms with van der Waals surface area (Å²) >= 11 is 1.76. The summed E-state index contributed by atoms with van der Waals surface area (Å²) in [6.45, 7) is 0. The van der Waals surface area contributed by atoms with Crippen LogP contribution < -0.4 is 5.32 Å². The lowest BCUT2D eigenvalue weighted by atomic mass is 9.81. The monoisotopic (exact) mass is 305 g/mol. The number of rotatable bonds is 3. The van der Waals surface area contributed by atoms with Gasteiger partial charge in [-0.05, 0) is 30.9 Å². The van der Waals surface area contributed by atoms with E-state index in [9.17, 15) is 9.59 Å². The van der Waals surface area contributed by atoms with Gasteiger partial charge in [-0.2, -0.15) is 0 Å². The highest BCUT2D eigenvalue weighted by atomic mass is 32.2. The van der Waals surface area contributed by atoms with Crippen LogP contribution in [0, 0.1) is 11.8 Å². The van der Waals surface area contributed by atoms with Crippen LogP contribution in [0.15, 0.2) is 29.2 Å². The number of thioether (sulfide) groups is 1. The number of carbonyl (C=O) groups excluding carboxylic acids is 1. The summed E-state index contributed by atoms with van der Waals surface area (Å²) in [7, 11) is 0. The van der Waals surface area contributed by atoms with Gasteiger partial charge >= 0.3 is 5.97 Å². The minimum Gasteiger partial charge on any atom is -0.481 e. The van der Waals surface area contributed by atoms with Gasteiger partial charge in [0.15, 0.2) is 0 Å². The minimum atomic E-state index is -0.769. The Bertz CT molecular complexity index is 560. The SMILES string of the molecule is O=C(O)C1CCCC(C(=O)NC2CSc3ccccc32)C1. The van der Waals surface area contributed by atoms with Gasteiger partial charge in [0.1, 0.15) is 0 Å². The Morgan fingerprint density at radius 2 is 1.95 bits per heavy atom. The predicted molar refractivity (Wildman–Crippen MR) is 81.1 cm³/mol. The van der Waals surface area contributed by atoms with Crippen LogP contribution in [0.25, 0.3) is 0 Å². The molecule has 0 spiro atoms. The van der Waals surface area contributed by atoms with Gasteiger partial charge in [0.25, 0.3) is 0 Å². The zero-order valence-electron chi connectivity index (χ0n) is 11.7. The number of hydrogen-bond acceptors (Lipinski definition) is 3. The van der Waals surface area contributed by atoms with E-state index in [2.05, 4.69) is 17.4 Å². The molecule has 3 rings (SSSR count). The molecule has 1 saturated carbocycles. The number of amides is 1. The molecular formula is C16H19NO3S. The van der Waals surface area contributed by atoms with Crippen molar-refractivity contribution in [1.82, 2.24) is 5.32 Å². The molecule has 1 amide bonds. The fourth-order valence-corrected chi connectivity index (χ4v) is 4.38. The lowest BCUT2D eigenvalue weighted by molar-refractivity contribution is -0.144. The minimum absolute atomic E-state index is 0.0169. The van der Waals surface area contributed by atoms with Crippen molar-refractivity contribution in [3.8, 4) is 0 Å². The molecule has 4 nitrogen and oxygen atoms in total. The summed E-state index contributed by atoms with van der Waals surface area (Å²) in [6.07, 6.45) is 2.80. The molecule has 1 aliphatic heterocycles. The van der Waals surface area contributed by atoms with Gasteiger partial charge < -0.3 is 10.4 Å². The number of nitrogens with one attached hydrogen (secondary N) is 1. The Morgan fingerprint density at radius 1 is 1.19 bits per heavy atom. The third kappa shape index (κ3) is 3.07. The van der Waals surface area contributed by atoms with Crippen LogP contribution in [0.5, 0.6) is 0 Å². The van der Waals surface area contributed by atoms with Crippen LogP contribution in [-0.4, -0.2) is 22.7 Å². The van der Waals surface area contributed by atoms with Crippen LogP contribution in [0.1, 0.15) is 37.3 Å². The molecule has 1 aliphatic carbocycles. The van der Waals surface area contributed by atoms with E-state index in [1.807, 2.05) is 12.1 Å². The van der Waals surface area contributed by atoms with E-state index >= 15 is 0 Å². The number of aliphatic carboxylic acids is 1. The Morgan fingerprint density at radius 3 is 2.76 bits per heavy atom. The number of carbonyl (C=O) groups is 2. The molecule has 0 bridgehead atoms. The second kappa shape index (κ2) is 6.10. The number of benzene rings is 1. The lowest BCUT2D eigenvalue weighted by Crippen LogP contribution is -2.37. The quantitative estimate of drug-likeness (QED) is 0.901. The zero-order valence-corrected chi connectivity index (χ0v) is 12.6. The highest BCUT2D eigenvalue weighted by Gasteiger charge is 2.33. The summed E-state index contributed by atoms with van der Waals surface area (Å²) in [5.74, 6) is -0.407. The highest BCUT2D eigenvalue weighted by Crippen LogP contribution is 2.38. The molecule has 3 atom stereocenters. The van der Waals surface area contributed by atoms with Gasteiger partial charge in [0, 0.05) is 16.6 Å². The van der Waals surface area contributed by atoms with Gasteiger partial charge in [-0.1, -0.05) is 24.6 Å². The number of carboxylic acids is 1. The maximum Gasteiger partial charge on any atom is 0.306 e. The van der Waals surface area contributed by atoms with Crippen LogP contribution in [0.2, 0.25) is 0 Å². The van der Waals surface area contributed by atoms with E-state index in [1.54, 1.807) is 11.8 Å². The van der Waals surface area contributed by atoms with Crippen LogP contribution in [-0.2, 0) is 9.59 Å². The predicted octanol–water partition coefficient (Wildman–Crippen LogP) is 2.84. The molecule has 1 fully saturated rings. The second-order valence-corrected chi connectivity index (χ2v) is 6.87. The van der Waals surface area contributed by atoms with Crippen molar-refractivity contribution in [3.05, 3.63) is 29.8 Å². The van der Waals surface area contributed by atoms with Crippen molar-refractivity contribution in [2.75, 3.05) is 5.75 Å². The molecule has 0 aromatic heterocycles. The van der Waals surface area contributed by atoms with Crippen LogP contribution in [0.4, 0.5) is 0 Å². The fourth-order valence-electron chi connectivity index (χ4n) is 3.22. The first kappa shape index (κ1) is 14.4. The van der Waals surface area contributed by atoms with Crippen molar-refractivity contribution < 1.29 is 14.7 Å². The molecule has 1 aromatic rings. The Balaban J connectivity index is 1.63. The molecule has 1 heterocycles. The molecule has 0 radical (unpaired) electrons. The average Bonchev–Trinajstić information content (AvgIpc) is 2.91. The van der Waals surface area contributed by atoms with E-state index in [0.717, 1.165) is 18.6 Å². The van der Waals surface area contributed by atoms with Gasteiger partial charge in [0.05, 0.1) is 12.0 Å². The first-order chi connectivity index (χ1) is 10.1. The number of carboxylic acid groups (broad SMARTS) is 1. The average molecular weight is 305 g/mol. The molecule has 2 aliphatic rings. The van der Waals surface area contributed by atoms with Crippen molar-refractivity contribution in [3.63, 3.8) is 0 Å². The summed E-state index contributed by atoms with van der Waals surface area (Å²) in [6, 6.07) is 8.19. The molecule has 21 heavy (non-hydrogen) atoms. The molecule has 1 aromatic carbocycles. The van der Waals surface area contributed by atoms with E-state index in [-0.39, 0.29) is 23.8 Å². The lowest BCUT2D eigenvalue weighted by Gasteiger charge is -2.27. The number of hydrogen-bond donors (Lipinski definition) is 2. The smallest absolute Gasteiger partial charge is 0.306 e.